The molecular formula is C22H15N3O6. The molecule has 3 aromatic carbocycles. The van der Waals surface area contributed by atoms with Crippen molar-refractivity contribution in [1.82, 2.24) is 9.97 Å². The lowest BCUT2D eigenvalue weighted by Crippen LogP contribution is -2.10. The number of nitrogens with one attached hydrogen (secondary N) is 1. The Hall–Kier alpha value is -4.53. The number of nitro benzene ring substituents is 1. The molecule has 0 aliphatic heterocycles. The van der Waals surface area contributed by atoms with Crippen molar-refractivity contribution in [3.05, 3.63) is 92.8 Å². The van der Waals surface area contributed by atoms with Gasteiger partial charge in [0.1, 0.15) is 5.82 Å². The van der Waals surface area contributed by atoms with Gasteiger partial charge in [0.15, 0.2) is 11.5 Å². The van der Waals surface area contributed by atoms with Gasteiger partial charge in [0.05, 0.1) is 28.5 Å². The molecule has 9 heteroatoms. The highest BCUT2D eigenvalue weighted by Crippen LogP contribution is 2.32. The third-order valence-corrected chi connectivity index (χ3v) is 4.55. The molecular weight excluding hydrogens is 402 g/mol. The van der Waals surface area contributed by atoms with Gasteiger partial charge in [-0.25, -0.2) is 9.78 Å². The number of non-ortho nitro benzene ring substituents is 1. The van der Waals surface area contributed by atoms with Crippen molar-refractivity contribution in [1.29, 1.82) is 0 Å². The number of hydrogen-bond donors (Lipinski definition) is 1. The van der Waals surface area contributed by atoms with Crippen LogP contribution in [0.15, 0.2) is 71.5 Å². The summed E-state index contributed by atoms with van der Waals surface area (Å²) in [4.78, 5) is 42.3. The monoisotopic (exact) mass is 417 g/mol. The zero-order valence-corrected chi connectivity index (χ0v) is 16.2. The van der Waals surface area contributed by atoms with E-state index in [1.54, 1.807) is 36.4 Å². The molecule has 0 radical (unpaired) electrons. The molecule has 1 heterocycles. The Morgan fingerprint density at radius 3 is 2.61 bits per heavy atom. The van der Waals surface area contributed by atoms with Crippen LogP contribution in [0.25, 0.3) is 22.3 Å². The molecule has 1 aromatic heterocycles. The second-order valence-electron chi connectivity index (χ2n) is 6.49. The number of hydrogen-bond acceptors (Lipinski definition) is 7. The van der Waals surface area contributed by atoms with Gasteiger partial charge in [-0.2, -0.15) is 0 Å². The Kier molecular flexibility index (Phi) is 5.15. The zero-order valence-electron chi connectivity index (χ0n) is 16.2. The number of nitrogens with zero attached hydrogens (tertiary/aromatic N) is 2. The number of rotatable bonds is 5. The molecule has 0 unspecified atom stereocenters. The highest BCUT2D eigenvalue weighted by Gasteiger charge is 2.17. The molecule has 0 saturated heterocycles. The number of carbonyl (C=O) groups is 1. The molecule has 0 bridgehead atoms. The molecule has 9 nitrogen and oxygen atoms in total. The molecule has 4 aromatic rings. The van der Waals surface area contributed by atoms with Crippen LogP contribution in [0.3, 0.4) is 0 Å². The maximum atomic E-state index is 12.4. The summed E-state index contributed by atoms with van der Waals surface area (Å²) < 4.78 is 10.7. The number of fused-ring (bicyclic) bond motifs is 1. The van der Waals surface area contributed by atoms with E-state index < -0.39 is 10.9 Å². The van der Waals surface area contributed by atoms with Crippen molar-refractivity contribution in [2.24, 2.45) is 0 Å². The fourth-order valence-corrected chi connectivity index (χ4v) is 3.03. The average molecular weight is 417 g/mol. The normalized spacial score (nSPS) is 10.6. The first-order valence-electron chi connectivity index (χ1n) is 9.10. The predicted molar refractivity (Wildman–Crippen MR) is 112 cm³/mol. The van der Waals surface area contributed by atoms with Crippen LogP contribution in [-0.2, 0) is 0 Å². The smallest absolute Gasteiger partial charge is 0.343 e. The summed E-state index contributed by atoms with van der Waals surface area (Å²) in [6.07, 6.45) is 0. The Morgan fingerprint density at radius 2 is 1.84 bits per heavy atom. The number of nitro groups is 1. The van der Waals surface area contributed by atoms with Gasteiger partial charge in [0, 0.05) is 17.7 Å². The van der Waals surface area contributed by atoms with E-state index in [9.17, 15) is 19.7 Å². The molecule has 1 N–H and O–H groups in total. The molecule has 0 aliphatic rings. The van der Waals surface area contributed by atoms with Gasteiger partial charge >= 0.3 is 5.97 Å². The van der Waals surface area contributed by atoms with Crippen LogP contribution in [0, 0.1) is 10.1 Å². The van der Waals surface area contributed by atoms with Gasteiger partial charge in [-0.1, -0.05) is 18.2 Å². The lowest BCUT2D eigenvalue weighted by Gasteiger charge is -2.11. The fraction of sp³-hybridized carbons (Fsp3) is 0.0455. The van der Waals surface area contributed by atoms with E-state index in [-0.39, 0.29) is 28.3 Å². The minimum absolute atomic E-state index is 0.0286. The van der Waals surface area contributed by atoms with Crippen molar-refractivity contribution in [3.63, 3.8) is 0 Å². The SMILES string of the molecule is COc1cc(-c2nc3ccccc3c(=O)[nH]2)ccc1OC(=O)c1cccc([N+](=O)[O-])c1. The Balaban J connectivity index is 1.66. The number of methoxy groups -OCH3 is 1. The molecule has 31 heavy (non-hydrogen) atoms. The second kappa shape index (κ2) is 8.07. The molecule has 0 atom stereocenters. The third-order valence-electron chi connectivity index (χ3n) is 4.55. The van der Waals surface area contributed by atoms with Crippen LogP contribution in [0.2, 0.25) is 0 Å². The topological polar surface area (TPSA) is 124 Å². The summed E-state index contributed by atoms with van der Waals surface area (Å²) in [6, 6.07) is 16.9. The number of H-pyrrole nitrogens is 1. The standard InChI is InChI=1S/C22H15N3O6/c1-30-19-12-13(20-23-17-8-3-2-7-16(17)21(26)24-20)9-10-18(19)31-22(27)14-5-4-6-15(11-14)25(28)29/h2-12H,1H3,(H,23,24,26). The van der Waals surface area contributed by atoms with Crippen molar-refractivity contribution in [2.75, 3.05) is 7.11 Å². The van der Waals surface area contributed by atoms with Crippen molar-refractivity contribution in [3.8, 4) is 22.9 Å². The number of benzene rings is 3. The van der Waals surface area contributed by atoms with Crippen LogP contribution >= 0.6 is 0 Å². The fourth-order valence-electron chi connectivity index (χ4n) is 3.03. The van der Waals surface area contributed by atoms with Gasteiger partial charge in [-0.05, 0) is 36.4 Å². The van der Waals surface area contributed by atoms with Gasteiger partial charge in [-0.15, -0.1) is 0 Å². The molecule has 154 valence electrons. The third kappa shape index (κ3) is 3.97. The lowest BCUT2D eigenvalue weighted by molar-refractivity contribution is -0.384. The van der Waals surface area contributed by atoms with E-state index in [2.05, 4.69) is 9.97 Å². The highest BCUT2D eigenvalue weighted by molar-refractivity contribution is 5.92. The molecule has 4 rings (SSSR count). The maximum absolute atomic E-state index is 12.4. The molecule has 0 spiro atoms. The van der Waals surface area contributed by atoms with Crippen molar-refractivity contribution in [2.45, 2.75) is 0 Å². The summed E-state index contributed by atoms with van der Waals surface area (Å²) in [6.45, 7) is 0. The Bertz CT molecular complexity index is 1380. The van der Waals surface area contributed by atoms with Crippen LogP contribution in [0.5, 0.6) is 11.5 Å². The van der Waals surface area contributed by atoms with Crippen molar-refractivity contribution < 1.29 is 19.2 Å². The van der Waals surface area contributed by atoms with E-state index in [0.29, 0.717) is 22.3 Å². The number of para-hydroxylation sites is 1. The van der Waals surface area contributed by atoms with E-state index >= 15 is 0 Å². The first-order valence-corrected chi connectivity index (χ1v) is 9.10. The van der Waals surface area contributed by atoms with Crippen molar-refractivity contribution >= 4 is 22.6 Å². The largest absolute Gasteiger partial charge is 0.493 e. The van der Waals surface area contributed by atoms with Gasteiger partial charge < -0.3 is 14.5 Å². The minimum Gasteiger partial charge on any atom is -0.493 e. The Morgan fingerprint density at radius 1 is 1.03 bits per heavy atom. The van der Waals surface area contributed by atoms with E-state index in [0.717, 1.165) is 6.07 Å². The van der Waals surface area contributed by atoms with E-state index in [1.165, 1.54) is 31.4 Å². The van der Waals surface area contributed by atoms with Gasteiger partial charge in [0.25, 0.3) is 11.2 Å². The van der Waals surface area contributed by atoms with Crippen LogP contribution in [0.1, 0.15) is 10.4 Å². The molecule has 0 fully saturated rings. The lowest BCUT2D eigenvalue weighted by atomic mass is 10.1. The number of aromatic amines is 1. The van der Waals surface area contributed by atoms with E-state index in [4.69, 9.17) is 9.47 Å². The Labute approximate surface area is 175 Å². The summed E-state index contributed by atoms with van der Waals surface area (Å²) >= 11 is 0. The highest BCUT2D eigenvalue weighted by atomic mass is 16.6. The number of aromatic nitrogens is 2. The molecule has 0 amide bonds. The van der Waals surface area contributed by atoms with Gasteiger partial charge in [-0.3, -0.25) is 14.9 Å². The summed E-state index contributed by atoms with van der Waals surface area (Å²) in [5.41, 5.74) is 0.626. The first kappa shape index (κ1) is 19.8. The summed E-state index contributed by atoms with van der Waals surface area (Å²) in [5, 5.41) is 11.4. The molecule has 0 aliphatic carbocycles. The predicted octanol–water partition coefficient (Wildman–Crippen LogP) is 3.73. The van der Waals surface area contributed by atoms with Gasteiger partial charge in [0.2, 0.25) is 0 Å². The number of carbonyl (C=O) groups excluding carboxylic acids is 1. The molecule has 0 saturated carbocycles. The average Bonchev–Trinajstić information content (AvgIpc) is 2.79. The summed E-state index contributed by atoms with van der Waals surface area (Å²) in [5.74, 6) is -0.0940. The quantitative estimate of drug-likeness (QED) is 0.227. The second-order valence-corrected chi connectivity index (χ2v) is 6.49. The number of ether oxygens (including phenoxy) is 2. The maximum Gasteiger partial charge on any atom is 0.343 e. The van der Waals surface area contributed by atoms with E-state index in [1.807, 2.05) is 0 Å². The zero-order chi connectivity index (χ0) is 22.0. The summed E-state index contributed by atoms with van der Waals surface area (Å²) in [7, 11) is 1.40. The van der Waals surface area contributed by atoms with Crippen LogP contribution in [0.4, 0.5) is 5.69 Å². The minimum atomic E-state index is -0.771. The first-order chi connectivity index (χ1) is 15.0. The number of esters is 1. The van der Waals surface area contributed by atoms with Crippen LogP contribution in [-0.4, -0.2) is 28.0 Å². The van der Waals surface area contributed by atoms with Crippen LogP contribution < -0.4 is 15.0 Å².